The lowest BCUT2D eigenvalue weighted by molar-refractivity contribution is -0.141. The van der Waals surface area contributed by atoms with Gasteiger partial charge in [-0.05, 0) is 25.0 Å². The average Bonchev–Trinajstić information content (AvgIpc) is 2.40. The largest absolute Gasteiger partial charge is 0.498 e. The van der Waals surface area contributed by atoms with Gasteiger partial charge in [0.1, 0.15) is 18.0 Å². The second kappa shape index (κ2) is 7.90. The Balaban J connectivity index is 2.43. The van der Waals surface area contributed by atoms with Gasteiger partial charge in [-0.15, -0.1) is 0 Å². The molecule has 0 spiro atoms. The Morgan fingerprint density at radius 2 is 2.25 bits per heavy atom. The third-order valence-electron chi connectivity index (χ3n) is 3.14. The lowest BCUT2D eigenvalue weighted by Gasteiger charge is -2.27. The van der Waals surface area contributed by atoms with E-state index in [9.17, 15) is 9.90 Å². The molecule has 0 aromatic heterocycles. The van der Waals surface area contributed by atoms with Crippen LogP contribution in [-0.2, 0) is 14.3 Å². The van der Waals surface area contributed by atoms with E-state index in [4.69, 9.17) is 9.47 Å². The molecule has 0 amide bonds. The van der Waals surface area contributed by atoms with E-state index >= 15 is 0 Å². The van der Waals surface area contributed by atoms with Gasteiger partial charge in [-0.1, -0.05) is 31.6 Å². The number of carbonyl (C=O) groups excluding carboxylic acids is 1. The molecular formula is C16H24O4. The standard InChI is InChI=1S/C16H24O4/c1-4-5-6-7-10-20-15(17)12-13-8-9-16(2,18)14(11-13)19-3/h6-8,11,18H,4-5,9-10,12H2,1-3H3/b7-6+. The number of carbonyl (C=O) groups is 1. The number of aliphatic hydroxyl groups is 1. The van der Waals surface area contributed by atoms with Crippen LogP contribution in [0.5, 0.6) is 0 Å². The molecule has 1 aliphatic carbocycles. The van der Waals surface area contributed by atoms with Crippen LogP contribution in [-0.4, -0.2) is 30.4 Å². The van der Waals surface area contributed by atoms with Crippen LogP contribution in [0.1, 0.15) is 39.5 Å². The van der Waals surface area contributed by atoms with Crippen LogP contribution < -0.4 is 0 Å². The molecule has 0 aliphatic heterocycles. The fraction of sp³-hybridized carbons (Fsp3) is 0.562. The molecule has 1 aliphatic rings. The van der Waals surface area contributed by atoms with Gasteiger partial charge in [0.15, 0.2) is 0 Å². The number of methoxy groups -OCH3 is 1. The van der Waals surface area contributed by atoms with Crippen molar-refractivity contribution >= 4 is 5.97 Å². The van der Waals surface area contributed by atoms with Crippen molar-refractivity contribution in [2.24, 2.45) is 0 Å². The second-order valence-electron chi connectivity index (χ2n) is 5.09. The highest BCUT2D eigenvalue weighted by Gasteiger charge is 2.29. The van der Waals surface area contributed by atoms with Crippen molar-refractivity contribution < 1.29 is 19.4 Å². The Kier molecular flexibility index (Phi) is 6.52. The topological polar surface area (TPSA) is 55.8 Å². The first-order valence-corrected chi connectivity index (χ1v) is 6.97. The summed E-state index contributed by atoms with van der Waals surface area (Å²) in [5.41, 5.74) is -0.179. The molecule has 1 atom stereocenters. The van der Waals surface area contributed by atoms with Crippen molar-refractivity contribution in [2.75, 3.05) is 13.7 Å². The molecule has 0 radical (unpaired) electrons. The molecule has 20 heavy (non-hydrogen) atoms. The van der Waals surface area contributed by atoms with Crippen LogP contribution in [0.15, 0.2) is 35.6 Å². The molecule has 1 rings (SSSR count). The van der Waals surface area contributed by atoms with Crippen LogP contribution >= 0.6 is 0 Å². The molecule has 4 nitrogen and oxygen atoms in total. The normalized spacial score (nSPS) is 22.4. The number of hydrogen-bond acceptors (Lipinski definition) is 4. The van der Waals surface area contributed by atoms with E-state index in [2.05, 4.69) is 6.92 Å². The number of esters is 1. The molecule has 0 bridgehead atoms. The molecule has 0 saturated heterocycles. The predicted octanol–water partition coefficient (Wildman–Crippen LogP) is 2.89. The first kappa shape index (κ1) is 16.5. The van der Waals surface area contributed by atoms with E-state index in [-0.39, 0.29) is 12.4 Å². The minimum absolute atomic E-state index is 0.199. The van der Waals surface area contributed by atoms with E-state index < -0.39 is 5.60 Å². The van der Waals surface area contributed by atoms with Crippen LogP contribution in [0.25, 0.3) is 0 Å². The SMILES string of the molecule is CCC/C=C/COC(=O)CC1=CCC(C)(O)C(OC)=C1. The monoisotopic (exact) mass is 280 g/mol. The van der Waals surface area contributed by atoms with E-state index in [0.29, 0.717) is 18.8 Å². The van der Waals surface area contributed by atoms with Gasteiger partial charge in [-0.25, -0.2) is 0 Å². The number of hydrogen-bond donors (Lipinski definition) is 1. The summed E-state index contributed by atoms with van der Waals surface area (Å²) in [6, 6.07) is 0. The smallest absolute Gasteiger partial charge is 0.310 e. The molecule has 0 aromatic rings. The summed E-state index contributed by atoms with van der Waals surface area (Å²) in [4.78, 5) is 11.7. The van der Waals surface area contributed by atoms with Crippen molar-refractivity contribution in [2.45, 2.75) is 45.1 Å². The fourth-order valence-electron chi connectivity index (χ4n) is 1.93. The van der Waals surface area contributed by atoms with Gasteiger partial charge in [-0.2, -0.15) is 0 Å². The zero-order valence-electron chi connectivity index (χ0n) is 12.5. The third kappa shape index (κ3) is 5.21. The second-order valence-corrected chi connectivity index (χ2v) is 5.09. The van der Waals surface area contributed by atoms with Gasteiger partial charge in [-0.3, -0.25) is 4.79 Å². The summed E-state index contributed by atoms with van der Waals surface area (Å²) in [6.07, 6.45) is 10.1. The Bertz CT molecular complexity index is 416. The van der Waals surface area contributed by atoms with E-state index in [1.165, 1.54) is 7.11 Å². The van der Waals surface area contributed by atoms with Crippen molar-refractivity contribution in [3.8, 4) is 0 Å². The third-order valence-corrected chi connectivity index (χ3v) is 3.14. The fourth-order valence-corrected chi connectivity index (χ4v) is 1.93. The number of allylic oxidation sites excluding steroid dienone is 2. The Hall–Kier alpha value is -1.55. The van der Waals surface area contributed by atoms with Gasteiger partial charge in [0.25, 0.3) is 0 Å². The summed E-state index contributed by atoms with van der Waals surface area (Å²) in [5.74, 6) is 0.205. The maximum Gasteiger partial charge on any atom is 0.310 e. The molecule has 0 fully saturated rings. The van der Waals surface area contributed by atoms with Gasteiger partial charge < -0.3 is 14.6 Å². The maximum absolute atomic E-state index is 11.7. The summed E-state index contributed by atoms with van der Waals surface area (Å²) in [7, 11) is 1.51. The maximum atomic E-state index is 11.7. The predicted molar refractivity (Wildman–Crippen MR) is 78.0 cm³/mol. The molecule has 0 aromatic carbocycles. The minimum Gasteiger partial charge on any atom is -0.498 e. The number of rotatable bonds is 7. The zero-order valence-corrected chi connectivity index (χ0v) is 12.5. The highest BCUT2D eigenvalue weighted by atomic mass is 16.5. The van der Waals surface area contributed by atoms with E-state index in [0.717, 1.165) is 18.4 Å². The summed E-state index contributed by atoms with van der Waals surface area (Å²) in [5, 5.41) is 10.0. The highest BCUT2D eigenvalue weighted by Crippen LogP contribution is 2.29. The van der Waals surface area contributed by atoms with Gasteiger partial charge in [0, 0.05) is 6.42 Å². The molecule has 0 saturated carbocycles. The van der Waals surface area contributed by atoms with Gasteiger partial charge >= 0.3 is 5.97 Å². The van der Waals surface area contributed by atoms with E-state index in [1.807, 2.05) is 18.2 Å². The first-order chi connectivity index (χ1) is 9.49. The van der Waals surface area contributed by atoms with Crippen LogP contribution in [0.4, 0.5) is 0 Å². The lowest BCUT2D eigenvalue weighted by atomic mass is 9.91. The minimum atomic E-state index is -0.995. The first-order valence-electron chi connectivity index (χ1n) is 6.97. The van der Waals surface area contributed by atoms with Crippen LogP contribution in [0, 0.1) is 0 Å². The number of ether oxygens (including phenoxy) is 2. The molecule has 112 valence electrons. The number of unbranched alkanes of at least 4 members (excludes halogenated alkanes) is 1. The zero-order chi connectivity index (χ0) is 15.0. The molecule has 0 heterocycles. The van der Waals surface area contributed by atoms with Crippen molar-refractivity contribution in [3.05, 3.63) is 35.6 Å². The van der Waals surface area contributed by atoms with Crippen molar-refractivity contribution in [1.29, 1.82) is 0 Å². The molecular weight excluding hydrogens is 256 g/mol. The van der Waals surface area contributed by atoms with Crippen molar-refractivity contribution in [3.63, 3.8) is 0 Å². The highest BCUT2D eigenvalue weighted by molar-refractivity contribution is 5.73. The molecule has 1 N–H and O–H groups in total. The van der Waals surface area contributed by atoms with Crippen LogP contribution in [0.3, 0.4) is 0 Å². The molecule has 4 heteroatoms. The Morgan fingerprint density at radius 1 is 1.50 bits per heavy atom. The summed E-state index contributed by atoms with van der Waals surface area (Å²) >= 11 is 0. The Morgan fingerprint density at radius 3 is 2.90 bits per heavy atom. The lowest BCUT2D eigenvalue weighted by Crippen LogP contribution is -2.29. The summed E-state index contributed by atoms with van der Waals surface area (Å²) < 4.78 is 10.3. The average molecular weight is 280 g/mol. The molecule has 1 unspecified atom stereocenters. The van der Waals surface area contributed by atoms with Gasteiger partial charge in [0.05, 0.1) is 13.5 Å². The van der Waals surface area contributed by atoms with Gasteiger partial charge in [0.2, 0.25) is 0 Å². The van der Waals surface area contributed by atoms with Crippen LogP contribution in [0.2, 0.25) is 0 Å². The summed E-state index contributed by atoms with van der Waals surface area (Å²) in [6.45, 7) is 4.09. The Labute approximate surface area is 120 Å². The van der Waals surface area contributed by atoms with E-state index in [1.54, 1.807) is 13.0 Å². The quantitative estimate of drug-likeness (QED) is 0.575. The van der Waals surface area contributed by atoms with Crippen molar-refractivity contribution in [1.82, 2.24) is 0 Å².